The van der Waals surface area contributed by atoms with E-state index in [1.54, 1.807) is 12.2 Å². The van der Waals surface area contributed by atoms with E-state index < -0.39 is 0 Å². The first-order chi connectivity index (χ1) is 10.2. The molecule has 0 aromatic rings. The first-order valence-corrected chi connectivity index (χ1v) is 7.00. The summed E-state index contributed by atoms with van der Waals surface area (Å²) in [5, 5.41) is 0. The van der Waals surface area contributed by atoms with E-state index in [1.165, 1.54) is 0 Å². The van der Waals surface area contributed by atoms with Crippen LogP contribution in [0.5, 0.6) is 0 Å². The van der Waals surface area contributed by atoms with Crippen molar-refractivity contribution in [2.45, 2.75) is 12.5 Å². The molecule has 0 radical (unpaired) electrons. The van der Waals surface area contributed by atoms with E-state index in [9.17, 15) is 0 Å². The van der Waals surface area contributed by atoms with Gasteiger partial charge in [-0.1, -0.05) is 37.5 Å². The van der Waals surface area contributed by atoms with Gasteiger partial charge in [-0.15, -0.1) is 26.3 Å². The zero-order valence-electron chi connectivity index (χ0n) is 13.0. The van der Waals surface area contributed by atoms with Crippen LogP contribution in [0.25, 0.3) is 0 Å². The molecule has 0 spiro atoms. The van der Waals surface area contributed by atoms with Crippen LogP contribution >= 0.6 is 0 Å². The molecule has 2 unspecified atom stereocenters. The molecule has 0 heterocycles. The summed E-state index contributed by atoms with van der Waals surface area (Å²) in [6.45, 7) is 25.6. The lowest BCUT2D eigenvalue weighted by Crippen LogP contribution is -2.44. The monoisotopic (exact) mass is 288 g/mol. The minimum atomic E-state index is -0.249. The minimum absolute atomic E-state index is 0.249. The normalized spacial score (nSPS) is 13.4. The standard InChI is InChI=1S/C18H28N2O/c1-7-13-19(14-8-2)17(11-5)21-18(12-6)20(15-9-3)16-10-4/h7-12,17-18H,1-6,13-16H2. The third kappa shape index (κ3) is 7.04. The zero-order chi connectivity index (χ0) is 16.1. The van der Waals surface area contributed by atoms with E-state index in [4.69, 9.17) is 4.74 Å². The van der Waals surface area contributed by atoms with Crippen LogP contribution in [-0.2, 0) is 4.74 Å². The molecule has 0 rings (SSSR count). The molecule has 0 N–H and O–H groups in total. The van der Waals surface area contributed by atoms with Gasteiger partial charge in [0.25, 0.3) is 0 Å². The van der Waals surface area contributed by atoms with Gasteiger partial charge in [-0.3, -0.25) is 9.80 Å². The molecule has 0 amide bonds. The van der Waals surface area contributed by atoms with Crippen LogP contribution in [0.15, 0.2) is 75.9 Å². The third-order valence-electron chi connectivity index (χ3n) is 2.86. The second-order valence-electron chi connectivity index (χ2n) is 4.45. The van der Waals surface area contributed by atoms with Gasteiger partial charge in [-0.25, -0.2) is 0 Å². The first kappa shape index (κ1) is 19.3. The fourth-order valence-electron chi connectivity index (χ4n) is 1.95. The second-order valence-corrected chi connectivity index (χ2v) is 4.45. The summed E-state index contributed by atoms with van der Waals surface area (Å²) >= 11 is 0. The Bertz CT molecular complexity index is 308. The fourth-order valence-corrected chi connectivity index (χ4v) is 1.95. The highest BCUT2D eigenvalue weighted by Gasteiger charge is 2.21. The van der Waals surface area contributed by atoms with Crippen molar-refractivity contribution in [2.75, 3.05) is 26.2 Å². The Morgan fingerprint density at radius 3 is 1.10 bits per heavy atom. The molecule has 0 aromatic heterocycles. The maximum absolute atomic E-state index is 6.11. The van der Waals surface area contributed by atoms with Gasteiger partial charge in [0.05, 0.1) is 0 Å². The Balaban J connectivity index is 4.99. The van der Waals surface area contributed by atoms with Crippen molar-refractivity contribution in [1.29, 1.82) is 0 Å². The van der Waals surface area contributed by atoms with Gasteiger partial charge in [0.15, 0.2) is 0 Å². The van der Waals surface area contributed by atoms with Gasteiger partial charge in [0.1, 0.15) is 12.5 Å². The van der Waals surface area contributed by atoms with Crippen LogP contribution in [0, 0.1) is 0 Å². The van der Waals surface area contributed by atoms with E-state index in [0.29, 0.717) is 26.2 Å². The Labute approximate surface area is 129 Å². The highest BCUT2D eigenvalue weighted by atomic mass is 16.5. The maximum Gasteiger partial charge on any atom is 0.132 e. The van der Waals surface area contributed by atoms with Gasteiger partial charge >= 0.3 is 0 Å². The summed E-state index contributed by atoms with van der Waals surface area (Å²) in [7, 11) is 0. The van der Waals surface area contributed by atoms with E-state index >= 15 is 0 Å². The predicted molar refractivity (Wildman–Crippen MR) is 93.0 cm³/mol. The lowest BCUT2D eigenvalue weighted by molar-refractivity contribution is -0.101. The highest BCUT2D eigenvalue weighted by molar-refractivity contribution is 4.93. The van der Waals surface area contributed by atoms with Crippen LogP contribution in [0.4, 0.5) is 0 Å². The van der Waals surface area contributed by atoms with Crippen molar-refractivity contribution in [1.82, 2.24) is 9.80 Å². The predicted octanol–water partition coefficient (Wildman–Crippen LogP) is 3.38. The molecule has 3 nitrogen and oxygen atoms in total. The van der Waals surface area contributed by atoms with Gasteiger partial charge < -0.3 is 4.74 Å². The van der Waals surface area contributed by atoms with Crippen molar-refractivity contribution < 1.29 is 4.74 Å². The van der Waals surface area contributed by atoms with E-state index in [2.05, 4.69) is 49.3 Å². The van der Waals surface area contributed by atoms with E-state index in [0.717, 1.165) is 0 Å². The number of ether oxygens (including phenoxy) is 1. The molecule has 0 aliphatic heterocycles. The molecule has 116 valence electrons. The topological polar surface area (TPSA) is 15.7 Å². The molecule has 0 aliphatic carbocycles. The van der Waals surface area contributed by atoms with Crippen LogP contribution in [0.3, 0.4) is 0 Å². The Morgan fingerprint density at radius 2 is 0.905 bits per heavy atom. The SMILES string of the molecule is C=CCN(CC=C)C(C=C)OC(C=C)N(CC=C)CC=C. The van der Waals surface area contributed by atoms with Gasteiger partial charge in [0.2, 0.25) is 0 Å². The van der Waals surface area contributed by atoms with Gasteiger partial charge in [0, 0.05) is 26.2 Å². The van der Waals surface area contributed by atoms with Crippen molar-refractivity contribution in [3.05, 3.63) is 75.9 Å². The average molecular weight is 288 g/mol. The molecule has 2 atom stereocenters. The van der Waals surface area contributed by atoms with Crippen LogP contribution in [0.2, 0.25) is 0 Å². The molecule has 0 fully saturated rings. The first-order valence-electron chi connectivity index (χ1n) is 7.00. The zero-order valence-corrected chi connectivity index (χ0v) is 13.0. The summed E-state index contributed by atoms with van der Waals surface area (Å²) in [5.41, 5.74) is 0. The lowest BCUT2D eigenvalue weighted by Gasteiger charge is -2.34. The Morgan fingerprint density at radius 1 is 0.619 bits per heavy atom. The van der Waals surface area contributed by atoms with Crippen molar-refractivity contribution in [3.63, 3.8) is 0 Å². The minimum Gasteiger partial charge on any atom is -0.338 e. The molecular weight excluding hydrogens is 260 g/mol. The van der Waals surface area contributed by atoms with Crippen molar-refractivity contribution >= 4 is 0 Å². The van der Waals surface area contributed by atoms with Gasteiger partial charge in [-0.2, -0.15) is 0 Å². The number of rotatable bonds is 14. The van der Waals surface area contributed by atoms with Crippen LogP contribution in [0.1, 0.15) is 0 Å². The number of nitrogens with zero attached hydrogens (tertiary/aromatic N) is 2. The molecule has 0 saturated heterocycles. The second kappa shape index (κ2) is 12.1. The molecule has 21 heavy (non-hydrogen) atoms. The van der Waals surface area contributed by atoms with E-state index in [1.807, 2.05) is 24.3 Å². The van der Waals surface area contributed by atoms with Gasteiger partial charge in [-0.05, 0) is 12.2 Å². The summed E-state index contributed by atoms with van der Waals surface area (Å²) in [6, 6.07) is 0. The molecule has 0 saturated carbocycles. The maximum atomic E-state index is 6.11. The Kier molecular flexibility index (Phi) is 11.1. The number of hydrogen-bond donors (Lipinski definition) is 0. The molecule has 3 heteroatoms. The molecule has 0 aromatic carbocycles. The largest absolute Gasteiger partial charge is 0.338 e. The fraction of sp³-hybridized carbons (Fsp3) is 0.333. The Hall–Kier alpha value is -1.68. The smallest absolute Gasteiger partial charge is 0.132 e. The summed E-state index contributed by atoms with van der Waals surface area (Å²) in [6.07, 6.45) is 10.4. The quantitative estimate of drug-likeness (QED) is 0.360. The summed E-state index contributed by atoms with van der Waals surface area (Å²) in [4.78, 5) is 4.15. The average Bonchev–Trinajstić information content (AvgIpc) is 2.48. The molecule has 0 bridgehead atoms. The summed E-state index contributed by atoms with van der Waals surface area (Å²) in [5.74, 6) is 0. The van der Waals surface area contributed by atoms with Crippen molar-refractivity contribution in [3.8, 4) is 0 Å². The highest BCUT2D eigenvalue weighted by Crippen LogP contribution is 2.11. The lowest BCUT2D eigenvalue weighted by atomic mass is 10.3. The third-order valence-corrected chi connectivity index (χ3v) is 2.86. The van der Waals surface area contributed by atoms with Crippen LogP contribution in [-0.4, -0.2) is 48.4 Å². The molecular formula is C18H28N2O. The van der Waals surface area contributed by atoms with Crippen LogP contribution < -0.4 is 0 Å². The summed E-state index contributed by atoms with van der Waals surface area (Å²) < 4.78 is 6.11. The number of hydrogen-bond acceptors (Lipinski definition) is 3. The molecule has 0 aliphatic rings. The van der Waals surface area contributed by atoms with E-state index in [-0.39, 0.29) is 12.5 Å². The van der Waals surface area contributed by atoms with Crippen molar-refractivity contribution in [2.24, 2.45) is 0 Å².